The molecule has 0 unspecified atom stereocenters. The second kappa shape index (κ2) is 8.18. The van der Waals surface area contributed by atoms with Crippen molar-refractivity contribution in [2.75, 3.05) is 6.61 Å². The van der Waals surface area contributed by atoms with Crippen LogP contribution in [0.3, 0.4) is 0 Å². The van der Waals surface area contributed by atoms with Crippen LogP contribution in [-0.2, 0) is 28.4 Å². The van der Waals surface area contributed by atoms with E-state index < -0.39 is 28.9 Å². The van der Waals surface area contributed by atoms with Crippen molar-refractivity contribution in [1.82, 2.24) is 0 Å². The lowest BCUT2D eigenvalue weighted by atomic mass is 9.50. The fourth-order valence-electron chi connectivity index (χ4n) is 5.14. The molecule has 0 aromatic rings. The van der Waals surface area contributed by atoms with E-state index >= 15 is 0 Å². The normalized spacial score (nSPS) is 34.5. The maximum absolute atomic E-state index is 13.2. The zero-order chi connectivity index (χ0) is 19.7. The van der Waals surface area contributed by atoms with Gasteiger partial charge in [-0.25, -0.2) is 10.1 Å². The molecule has 4 aliphatic rings. The molecule has 0 amide bonds. The first-order valence-electron chi connectivity index (χ1n) is 9.17. The number of hydrogen-bond acceptors (Lipinski definition) is 8. The second-order valence-electron chi connectivity index (χ2n) is 7.94. The number of rotatable bonds is 9. The average molecular weight is 410 g/mol. The van der Waals surface area contributed by atoms with Crippen molar-refractivity contribution in [3.8, 4) is 0 Å². The SMILES string of the molecule is CC1(OC(=O)CCCOC(=O)C(F)(F)SOOO)C2CC3CC(C2)CC1C3. The number of alkyl halides is 2. The minimum atomic E-state index is -4.03. The highest BCUT2D eigenvalue weighted by molar-refractivity contribution is 7.96. The number of carbonyl (C=O) groups is 2. The van der Waals surface area contributed by atoms with Gasteiger partial charge in [-0.05, 0) is 69.1 Å². The number of halogens is 2. The summed E-state index contributed by atoms with van der Waals surface area (Å²) in [5, 5.41) is 6.83. The first kappa shape index (κ1) is 20.8. The topological polar surface area (TPSA) is 91.3 Å². The van der Waals surface area contributed by atoms with E-state index in [9.17, 15) is 18.4 Å². The maximum atomic E-state index is 13.2. The average Bonchev–Trinajstić information content (AvgIpc) is 2.61. The third-order valence-corrected chi connectivity index (χ3v) is 6.76. The molecule has 0 atom stereocenters. The Bertz CT molecular complexity index is 543. The molecule has 4 aliphatic carbocycles. The molecule has 0 spiro atoms. The highest BCUT2D eigenvalue weighted by Gasteiger charge is 2.57. The van der Waals surface area contributed by atoms with Crippen molar-refractivity contribution < 1.29 is 42.5 Å². The van der Waals surface area contributed by atoms with Gasteiger partial charge < -0.3 is 9.47 Å². The first-order valence-corrected chi connectivity index (χ1v) is 9.91. The zero-order valence-electron chi connectivity index (χ0n) is 15.0. The molecule has 10 heteroatoms. The third kappa shape index (κ3) is 4.55. The summed E-state index contributed by atoms with van der Waals surface area (Å²) in [4.78, 5) is 23.5. The predicted molar refractivity (Wildman–Crippen MR) is 89.1 cm³/mol. The molecule has 0 aliphatic heterocycles. The summed E-state index contributed by atoms with van der Waals surface area (Å²) in [5.74, 6) is 0.0990. The van der Waals surface area contributed by atoms with Crippen molar-refractivity contribution in [3.63, 3.8) is 0 Å². The fraction of sp³-hybridized carbons (Fsp3) is 0.882. The highest BCUT2D eigenvalue weighted by Crippen LogP contribution is 2.59. The van der Waals surface area contributed by atoms with Gasteiger partial charge >= 0.3 is 17.2 Å². The minimum absolute atomic E-state index is 0.00979. The molecule has 4 fully saturated rings. The van der Waals surface area contributed by atoms with E-state index in [4.69, 9.17) is 9.99 Å². The monoisotopic (exact) mass is 410 g/mol. The summed E-state index contributed by atoms with van der Waals surface area (Å²) in [5.41, 5.74) is -0.438. The molecule has 0 aromatic carbocycles. The van der Waals surface area contributed by atoms with Crippen molar-refractivity contribution in [2.24, 2.45) is 23.7 Å². The molecule has 7 nitrogen and oxygen atoms in total. The molecular weight excluding hydrogens is 386 g/mol. The Hall–Kier alpha value is -0.970. The van der Waals surface area contributed by atoms with E-state index in [1.165, 1.54) is 6.42 Å². The van der Waals surface area contributed by atoms with Crippen molar-refractivity contribution in [1.29, 1.82) is 0 Å². The van der Waals surface area contributed by atoms with Crippen molar-refractivity contribution in [2.45, 2.75) is 62.7 Å². The van der Waals surface area contributed by atoms with Gasteiger partial charge in [0.25, 0.3) is 0 Å². The minimum Gasteiger partial charge on any atom is -0.460 e. The number of carbonyl (C=O) groups excluding carboxylic acids is 2. The van der Waals surface area contributed by atoms with Gasteiger partial charge in [0.1, 0.15) is 17.6 Å². The van der Waals surface area contributed by atoms with Crippen LogP contribution >= 0.6 is 12.0 Å². The Labute approximate surface area is 160 Å². The Morgan fingerprint density at radius 2 is 1.74 bits per heavy atom. The third-order valence-electron chi connectivity index (χ3n) is 6.26. The number of ether oxygens (including phenoxy) is 2. The number of hydrogen-bond donors (Lipinski definition) is 1. The van der Waals surface area contributed by atoms with E-state index in [0.717, 1.165) is 37.5 Å². The lowest BCUT2D eigenvalue weighted by Gasteiger charge is -2.59. The van der Waals surface area contributed by atoms with Crippen LogP contribution in [0.2, 0.25) is 0 Å². The van der Waals surface area contributed by atoms with Gasteiger partial charge in [-0.15, -0.1) is 4.33 Å². The van der Waals surface area contributed by atoms with Gasteiger partial charge in [-0.1, -0.05) is 5.04 Å². The summed E-state index contributed by atoms with van der Waals surface area (Å²) in [6, 6.07) is 0. The molecule has 4 saturated carbocycles. The van der Waals surface area contributed by atoms with E-state index in [1.54, 1.807) is 0 Å². The summed E-state index contributed by atoms with van der Waals surface area (Å²) >= 11 is -0.685. The molecule has 4 rings (SSSR count). The summed E-state index contributed by atoms with van der Waals surface area (Å²) in [7, 11) is 0. The second-order valence-corrected chi connectivity index (χ2v) is 8.76. The molecule has 1 N–H and O–H groups in total. The smallest absolute Gasteiger partial charge is 0.415 e. The largest absolute Gasteiger partial charge is 0.460 e. The summed E-state index contributed by atoms with van der Waals surface area (Å²) < 4.78 is 40.2. The standard InChI is InChI=1S/C17H24F2O7S/c1-16(12-6-10-5-11(8-12)9-13(16)7-10)24-14(20)3-2-4-23-15(21)17(18,19)27-26-25-22/h10-13,22H,2-9H2,1H3. The molecule has 0 radical (unpaired) electrons. The van der Waals surface area contributed by atoms with E-state index in [0.29, 0.717) is 11.8 Å². The van der Waals surface area contributed by atoms with Gasteiger partial charge in [0.2, 0.25) is 0 Å². The molecule has 0 aromatic heterocycles. The van der Waals surface area contributed by atoms with Crippen LogP contribution in [0.4, 0.5) is 8.78 Å². The van der Waals surface area contributed by atoms with Crippen LogP contribution in [0.1, 0.15) is 51.9 Å². The van der Waals surface area contributed by atoms with Gasteiger partial charge in [-0.2, -0.15) is 8.78 Å². The van der Waals surface area contributed by atoms with Gasteiger partial charge in [-0.3, -0.25) is 4.79 Å². The molecule has 27 heavy (non-hydrogen) atoms. The van der Waals surface area contributed by atoms with Gasteiger partial charge in [0.15, 0.2) is 0 Å². The molecular formula is C17H24F2O7S. The van der Waals surface area contributed by atoms with Crippen LogP contribution in [0.25, 0.3) is 0 Å². The van der Waals surface area contributed by atoms with E-state index in [1.807, 2.05) is 6.92 Å². The van der Waals surface area contributed by atoms with Crippen LogP contribution in [0, 0.1) is 23.7 Å². The predicted octanol–water partition coefficient (Wildman–Crippen LogP) is 3.73. The Morgan fingerprint density at radius 1 is 1.15 bits per heavy atom. The first-order chi connectivity index (χ1) is 12.7. The van der Waals surface area contributed by atoms with Crippen LogP contribution < -0.4 is 0 Å². The van der Waals surface area contributed by atoms with E-state index in [2.05, 4.69) is 14.1 Å². The summed E-state index contributed by atoms with van der Waals surface area (Å²) in [6.07, 6.45) is 5.83. The van der Waals surface area contributed by atoms with Crippen LogP contribution in [0.5, 0.6) is 0 Å². The van der Waals surface area contributed by atoms with Crippen molar-refractivity contribution >= 4 is 24.0 Å². The quantitative estimate of drug-likeness (QED) is 0.202. The van der Waals surface area contributed by atoms with Crippen LogP contribution in [0.15, 0.2) is 0 Å². The van der Waals surface area contributed by atoms with E-state index in [-0.39, 0.29) is 25.4 Å². The summed E-state index contributed by atoms with van der Waals surface area (Å²) in [6.45, 7) is 1.68. The molecule has 154 valence electrons. The van der Waals surface area contributed by atoms with Gasteiger partial charge in [0.05, 0.1) is 6.61 Å². The molecule has 0 heterocycles. The van der Waals surface area contributed by atoms with Crippen LogP contribution in [-0.4, -0.2) is 34.7 Å². The Kier molecular flexibility index (Phi) is 6.29. The Balaban J connectivity index is 1.40. The van der Waals surface area contributed by atoms with Crippen molar-refractivity contribution in [3.05, 3.63) is 0 Å². The number of esters is 2. The highest BCUT2D eigenvalue weighted by atomic mass is 32.2. The lowest BCUT2D eigenvalue weighted by Crippen LogP contribution is -2.58. The maximum Gasteiger partial charge on any atom is 0.415 e. The lowest BCUT2D eigenvalue weighted by molar-refractivity contribution is -0.433. The van der Waals surface area contributed by atoms with Gasteiger partial charge in [0, 0.05) is 6.42 Å². The zero-order valence-corrected chi connectivity index (χ0v) is 15.8. The molecule has 0 saturated heterocycles. The fourth-order valence-corrected chi connectivity index (χ4v) is 5.38. The molecule has 4 bridgehead atoms. The Morgan fingerprint density at radius 3 is 2.30 bits per heavy atom.